The molecular weight excluding hydrogens is 309 g/mol. The van der Waals surface area contributed by atoms with Crippen LogP contribution in [0.1, 0.15) is 31.2 Å². The van der Waals surface area contributed by atoms with Crippen molar-refractivity contribution in [3.8, 4) is 0 Å². The Hall–Kier alpha value is -1.76. The minimum atomic E-state index is -4.50. The maximum atomic E-state index is 12.9. The highest BCUT2D eigenvalue weighted by molar-refractivity contribution is 5.90. The van der Waals surface area contributed by atoms with Crippen molar-refractivity contribution >= 4 is 11.7 Å². The van der Waals surface area contributed by atoms with Crippen molar-refractivity contribution in [3.05, 3.63) is 29.8 Å². The molecule has 0 spiro atoms. The van der Waals surface area contributed by atoms with Crippen LogP contribution in [0.4, 0.5) is 23.7 Å². The van der Waals surface area contributed by atoms with Crippen LogP contribution in [-0.4, -0.2) is 37.2 Å². The van der Waals surface area contributed by atoms with E-state index in [9.17, 15) is 18.0 Å². The van der Waals surface area contributed by atoms with E-state index in [-0.39, 0.29) is 11.8 Å². The Labute approximate surface area is 133 Å². The summed E-state index contributed by atoms with van der Waals surface area (Å²) in [6.45, 7) is 1.17. The van der Waals surface area contributed by atoms with Crippen LogP contribution in [-0.2, 0) is 10.9 Å². The molecule has 7 heteroatoms. The molecule has 2 amide bonds. The van der Waals surface area contributed by atoms with Crippen LogP contribution in [0.5, 0.6) is 0 Å². The number of carbonyl (C=O) groups is 1. The normalized spacial score (nSPS) is 18.5. The standard InChI is InChI=1S/C16H21F3N2O2/c1-21(10-9-12-6-4-5-11-23-12)15(22)20-14-8-3-2-7-13(14)16(17,18)19/h2-3,7-8,12H,4-6,9-11H2,1H3,(H,20,22)/t12-/m0/s1. The maximum Gasteiger partial charge on any atom is 0.418 e. The van der Waals surface area contributed by atoms with E-state index in [0.29, 0.717) is 13.0 Å². The maximum absolute atomic E-state index is 12.9. The summed E-state index contributed by atoms with van der Waals surface area (Å²) in [5.41, 5.74) is -1.08. The Morgan fingerprint density at radius 1 is 1.35 bits per heavy atom. The number of halogens is 3. The zero-order chi connectivity index (χ0) is 16.9. The number of ether oxygens (including phenoxy) is 1. The van der Waals surface area contributed by atoms with Crippen molar-refractivity contribution in [3.63, 3.8) is 0 Å². The number of anilines is 1. The lowest BCUT2D eigenvalue weighted by Crippen LogP contribution is -2.35. The van der Waals surface area contributed by atoms with Gasteiger partial charge in [-0.1, -0.05) is 12.1 Å². The van der Waals surface area contributed by atoms with Gasteiger partial charge >= 0.3 is 12.2 Å². The van der Waals surface area contributed by atoms with Crippen molar-refractivity contribution in [2.24, 2.45) is 0 Å². The van der Waals surface area contributed by atoms with Crippen molar-refractivity contribution in [2.75, 3.05) is 25.5 Å². The highest BCUT2D eigenvalue weighted by Crippen LogP contribution is 2.34. The number of carbonyl (C=O) groups excluding carboxylic acids is 1. The minimum Gasteiger partial charge on any atom is -0.378 e. The molecule has 4 nitrogen and oxygen atoms in total. The Balaban J connectivity index is 1.91. The smallest absolute Gasteiger partial charge is 0.378 e. The molecule has 0 aliphatic carbocycles. The van der Waals surface area contributed by atoms with E-state index < -0.39 is 17.8 Å². The van der Waals surface area contributed by atoms with Crippen molar-refractivity contribution in [1.29, 1.82) is 0 Å². The van der Waals surface area contributed by atoms with Crippen LogP contribution >= 0.6 is 0 Å². The molecule has 0 saturated carbocycles. The number of rotatable bonds is 4. The summed E-state index contributed by atoms with van der Waals surface area (Å²) in [4.78, 5) is 13.5. The fraction of sp³-hybridized carbons (Fsp3) is 0.562. The average molecular weight is 330 g/mol. The third kappa shape index (κ3) is 5.13. The van der Waals surface area contributed by atoms with Gasteiger partial charge in [-0.15, -0.1) is 0 Å². The number of alkyl halides is 3. The third-order valence-electron chi connectivity index (χ3n) is 3.88. The molecule has 1 aromatic rings. The number of urea groups is 1. The number of benzene rings is 1. The molecule has 1 fully saturated rings. The van der Waals surface area contributed by atoms with E-state index in [1.165, 1.54) is 23.1 Å². The highest BCUT2D eigenvalue weighted by Gasteiger charge is 2.33. The van der Waals surface area contributed by atoms with Gasteiger partial charge in [0, 0.05) is 20.2 Å². The first-order valence-electron chi connectivity index (χ1n) is 7.68. The number of hydrogen-bond donors (Lipinski definition) is 1. The van der Waals surface area contributed by atoms with Crippen molar-refractivity contribution in [2.45, 2.75) is 38.0 Å². The largest absolute Gasteiger partial charge is 0.418 e. The molecule has 1 aromatic carbocycles. The lowest BCUT2D eigenvalue weighted by atomic mass is 10.1. The summed E-state index contributed by atoms with van der Waals surface area (Å²) in [6.07, 6.45) is -0.558. The Morgan fingerprint density at radius 3 is 2.74 bits per heavy atom. The van der Waals surface area contributed by atoms with Gasteiger partial charge in [0.1, 0.15) is 0 Å². The van der Waals surface area contributed by atoms with Gasteiger partial charge in [0.25, 0.3) is 0 Å². The quantitative estimate of drug-likeness (QED) is 0.902. The van der Waals surface area contributed by atoms with Gasteiger partial charge in [0.05, 0.1) is 17.4 Å². The third-order valence-corrected chi connectivity index (χ3v) is 3.88. The molecular formula is C16H21F3N2O2. The van der Waals surface area contributed by atoms with E-state index in [2.05, 4.69) is 5.32 Å². The molecule has 2 rings (SSSR count). The molecule has 128 valence electrons. The molecule has 0 bridgehead atoms. The second-order valence-corrected chi connectivity index (χ2v) is 5.67. The van der Waals surface area contributed by atoms with Crippen molar-refractivity contribution in [1.82, 2.24) is 4.90 Å². The predicted molar refractivity (Wildman–Crippen MR) is 81.3 cm³/mol. The lowest BCUT2D eigenvalue weighted by molar-refractivity contribution is -0.136. The highest BCUT2D eigenvalue weighted by atomic mass is 19.4. The number of nitrogens with zero attached hydrogens (tertiary/aromatic N) is 1. The Bertz CT molecular complexity index is 528. The zero-order valence-corrected chi connectivity index (χ0v) is 13.0. The molecule has 23 heavy (non-hydrogen) atoms. The lowest BCUT2D eigenvalue weighted by Gasteiger charge is -2.25. The molecule has 0 radical (unpaired) electrons. The predicted octanol–water partition coefficient (Wildman–Crippen LogP) is 4.13. The van der Waals surface area contributed by atoms with Gasteiger partial charge in [-0.05, 0) is 37.8 Å². The number of para-hydroxylation sites is 1. The van der Waals surface area contributed by atoms with Crippen LogP contribution in [0.2, 0.25) is 0 Å². The summed E-state index contributed by atoms with van der Waals surface area (Å²) < 4.78 is 44.3. The summed E-state index contributed by atoms with van der Waals surface area (Å²) in [7, 11) is 1.56. The van der Waals surface area contributed by atoms with Gasteiger partial charge in [-0.3, -0.25) is 0 Å². The zero-order valence-electron chi connectivity index (χ0n) is 13.0. The number of nitrogens with one attached hydrogen (secondary N) is 1. The molecule has 0 aromatic heterocycles. The second kappa shape index (κ2) is 7.68. The molecule has 1 atom stereocenters. The van der Waals surface area contributed by atoms with E-state index in [1.54, 1.807) is 7.05 Å². The van der Waals surface area contributed by atoms with Gasteiger partial charge in [0.15, 0.2) is 0 Å². The van der Waals surface area contributed by atoms with Gasteiger partial charge in [0.2, 0.25) is 0 Å². The van der Waals surface area contributed by atoms with Crippen molar-refractivity contribution < 1.29 is 22.7 Å². The SMILES string of the molecule is CN(CC[C@@H]1CCCCO1)C(=O)Nc1ccccc1C(F)(F)F. The van der Waals surface area contributed by atoms with E-state index >= 15 is 0 Å². The van der Waals surface area contributed by atoms with E-state index in [1.807, 2.05) is 0 Å². The minimum absolute atomic E-state index is 0.126. The first kappa shape index (κ1) is 17.6. The monoisotopic (exact) mass is 330 g/mol. The van der Waals surface area contributed by atoms with Crippen LogP contribution in [0.3, 0.4) is 0 Å². The van der Waals surface area contributed by atoms with E-state index in [0.717, 1.165) is 31.9 Å². The summed E-state index contributed by atoms with van der Waals surface area (Å²) in [6, 6.07) is 4.39. The molecule has 1 heterocycles. The molecule has 1 aliphatic heterocycles. The number of hydrogen-bond acceptors (Lipinski definition) is 2. The summed E-state index contributed by atoms with van der Waals surface area (Å²) in [5, 5.41) is 2.33. The summed E-state index contributed by atoms with van der Waals surface area (Å²) >= 11 is 0. The Morgan fingerprint density at radius 2 is 2.09 bits per heavy atom. The number of amides is 2. The van der Waals surface area contributed by atoms with Crippen LogP contribution < -0.4 is 5.32 Å². The molecule has 0 unspecified atom stereocenters. The fourth-order valence-corrected chi connectivity index (χ4v) is 2.52. The summed E-state index contributed by atoms with van der Waals surface area (Å²) in [5.74, 6) is 0. The molecule has 1 aliphatic rings. The van der Waals surface area contributed by atoms with Crippen LogP contribution in [0, 0.1) is 0 Å². The first-order chi connectivity index (χ1) is 10.9. The average Bonchev–Trinajstić information content (AvgIpc) is 2.53. The van der Waals surface area contributed by atoms with E-state index in [4.69, 9.17) is 4.74 Å². The van der Waals surface area contributed by atoms with Gasteiger partial charge in [-0.2, -0.15) is 13.2 Å². The van der Waals surface area contributed by atoms with Crippen LogP contribution in [0.15, 0.2) is 24.3 Å². The molecule has 1 saturated heterocycles. The van der Waals surface area contributed by atoms with Gasteiger partial charge < -0.3 is 15.0 Å². The fourth-order valence-electron chi connectivity index (χ4n) is 2.52. The Kier molecular flexibility index (Phi) is 5.87. The molecule has 1 N–H and O–H groups in total. The van der Waals surface area contributed by atoms with Crippen LogP contribution in [0.25, 0.3) is 0 Å². The van der Waals surface area contributed by atoms with Gasteiger partial charge in [-0.25, -0.2) is 4.79 Å². The topological polar surface area (TPSA) is 41.6 Å². The first-order valence-corrected chi connectivity index (χ1v) is 7.68. The second-order valence-electron chi connectivity index (χ2n) is 5.67.